The molecule has 4 nitrogen and oxygen atoms in total. The van der Waals surface area contributed by atoms with Gasteiger partial charge >= 0.3 is 0 Å². The Hall–Kier alpha value is -2.75. The van der Waals surface area contributed by atoms with Gasteiger partial charge in [0.2, 0.25) is 0 Å². The summed E-state index contributed by atoms with van der Waals surface area (Å²) in [5.74, 6) is 0.480. The summed E-state index contributed by atoms with van der Waals surface area (Å²) >= 11 is 0. The first-order valence-corrected chi connectivity index (χ1v) is 6.97. The Morgan fingerprint density at radius 1 is 1.18 bits per heavy atom. The van der Waals surface area contributed by atoms with E-state index in [1.165, 1.54) is 0 Å². The normalized spacial score (nSPS) is 10.2. The number of amides is 1. The molecule has 0 bridgehead atoms. The molecule has 0 saturated carbocycles. The smallest absolute Gasteiger partial charge is 0.254 e. The van der Waals surface area contributed by atoms with Crippen LogP contribution in [0.5, 0.6) is 5.75 Å². The lowest BCUT2D eigenvalue weighted by molar-refractivity contribution is 0.0790. The number of hydrogen-bond donors (Lipinski definition) is 0. The SMILES string of the molecule is C=CCOc1cc(C(=O)N(CC=C)CC=C)cc2occc12. The lowest BCUT2D eigenvalue weighted by atomic mass is 10.1. The average Bonchev–Trinajstić information content (AvgIpc) is 3.00. The molecule has 1 amide bonds. The molecule has 0 aliphatic heterocycles. The Morgan fingerprint density at radius 2 is 1.91 bits per heavy atom. The molecular formula is C18H19NO3. The van der Waals surface area contributed by atoms with Gasteiger partial charge in [-0.2, -0.15) is 0 Å². The molecule has 0 radical (unpaired) electrons. The molecule has 0 fully saturated rings. The largest absolute Gasteiger partial charge is 0.489 e. The lowest BCUT2D eigenvalue weighted by Gasteiger charge is -2.19. The highest BCUT2D eigenvalue weighted by atomic mass is 16.5. The van der Waals surface area contributed by atoms with Crippen LogP contribution in [0.4, 0.5) is 0 Å². The average molecular weight is 297 g/mol. The molecule has 0 aliphatic rings. The number of rotatable bonds is 8. The van der Waals surface area contributed by atoms with Gasteiger partial charge in [-0.1, -0.05) is 24.8 Å². The van der Waals surface area contributed by atoms with Gasteiger partial charge in [0.25, 0.3) is 5.91 Å². The molecule has 22 heavy (non-hydrogen) atoms. The van der Waals surface area contributed by atoms with Crippen LogP contribution in [0.25, 0.3) is 11.0 Å². The highest BCUT2D eigenvalue weighted by Gasteiger charge is 2.17. The van der Waals surface area contributed by atoms with Gasteiger partial charge in [0.05, 0.1) is 11.6 Å². The number of benzene rings is 1. The van der Waals surface area contributed by atoms with Crippen molar-refractivity contribution < 1.29 is 13.9 Å². The predicted octanol–water partition coefficient (Wildman–Crippen LogP) is 3.81. The van der Waals surface area contributed by atoms with Crippen molar-refractivity contribution in [1.29, 1.82) is 0 Å². The monoisotopic (exact) mass is 297 g/mol. The number of ether oxygens (including phenoxy) is 1. The molecule has 0 spiro atoms. The number of furan rings is 1. The van der Waals surface area contributed by atoms with E-state index in [1.807, 2.05) is 6.07 Å². The quantitative estimate of drug-likeness (QED) is 0.696. The number of carbonyl (C=O) groups excluding carboxylic acids is 1. The van der Waals surface area contributed by atoms with E-state index in [1.54, 1.807) is 41.5 Å². The Kier molecular flexibility index (Phi) is 5.20. The van der Waals surface area contributed by atoms with Gasteiger partial charge < -0.3 is 14.1 Å². The second-order valence-corrected chi connectivity index (χ2v) is 4.69. The minimum absolute atomic E-state index is 0.124. The fourth-order valence-electron chi connectivity index (χ4n) is 2.16. The van der Waals surface area contributed by atoms with Gasteiger partial charge in [0, 0.05) is 18.7 Å². The topological polar surface area (TPSA) is 42.7 Å². The van der Waals surface area contributed by atoms with Crippen molar-refractivity contribution in [3.05, 3.63) is 68.0 Å². The number of fused-ring (bicyclic) bond motifs is 1. The van der Waals surface area contributed by atoms with Crippen LogP contribution in [0.2, 0.25) is 0 Å². The second kappa shape index (κ2) is 7.31. The standard InChI is InChI=1S/C18H19NO3/c1-4-8-19(9-5-2)18(20)14-12-16(21-10-6-3)15-7-11-22-17(15)13-14/h4-7,11-13H,1-3,8-10H2. The van der Waals surface area contributed by atoms with Crippen LogP contribution in [-0.4, -0.2) is 30.5 Å². The van der Waals surface area contributed by atoms with Crippen LogP contribution in [0.3, 0.4) is 0 Å². The minimum Gasteiger partial charge on any atom is -0.489 e. The summed E-state index contributed by atoms with van der Waals surface area (Å²) in [6.45, 7) is 12.2. The zero-order valence-corrected chi connectivity index (χ0v) is 12.5. The molecular weight excluding hydrogens is 278 g/mol. The summed E-state index contributed by atoms with van der Waals surface area (Å²) in [6, 6.07) is 5.26. The van der Waals surface area contributed by atoms with E-state index in [-0.39, 0.29) is 5.91 Å². The molecule has 0 saturated heterocycles. The van der Waals surface area contributed by atoms with E-state index in [2.05, 4.69) is 19.7 Å². The first-order chi connectivity index (χ1) is 10.7. The predicted molar refractivity (Wildman–Crippen MR) is 88.2 cm³/mol. The molecule has 0 atom stereocenters. The van der Waals surface area contributed by atoms with Gasteiger partial charge in [-0.25, -0.2) is 0 Å². The third-order valence-corrected chi connectivity index (χ3v) is 3.12. The van der Waals surface area contributed by atoms with Crippen molar-refractivity contribution in [3.8, 4) is 5.75 Å². The Labute approximate surface area is 130 Å². The first kappa shape index (κ1) is 15.6. The summed E-state index contributed by atoms with van der Waals surface area (Å²) in [4.78, 5) is 14.3. The fourth-order valence-corrected chi connectivity index (χ4v) is 2.16. The summed E-state index contributed by atoms with van der Waals surface area (Å²) in [6.07, 6.45) is 6.59. The van der Waals surface area contributed by atoms with Crippen LogP contribution >= 0.6 is 0 Å². The summed E-state index contributed by atoms with van der Waals surface area (Å²) in [7, 11) is 0. The summed E-state index contributed by atoms with van der Waals surface area (Å²) in [5, 5.41) is 0.831. The van der Waals surface area contributed by atoms with Crippen LogP contribution in [-0.2, 0) is 0 Å². The van der Waals surface area contributed by atoms with E-state index in [0.717, 1.165) is 5.39 Å². The van der Waals surface area contributed by atoms with Crippen molar-refractivity contribution in [3.63, 3.8) is 0 Å². The third-order valence-electron chi connectivity index (χ3n) is 3.12. The summed E-state index contributed by atoms with van der Waals surface area (Å²) < 4.78 is 11.0. The molecule has 2 rings (SSSR count). The molecule has 0 unspecified atom stereocenters. The van der Waals surface area contributed by atoms with Crippen molar-refractivity contribution in [1.82, 2.24) is 4.90 Å². The highest BCUT2D eigenvalue weighted by Crippen LogP contribution is 2.29. The lowest BCUT2D eigenvalue weighted by Crippen LogP contribution is -2.31. The zero-order valence-electron chi connectivity index (χ0n) is 12.5. The van der Waals surface area contributed by atoms with E-state index in [4.69, 9.17) is 9.15 Å². The zero-order chi connectivity index (χ0) is 15.9. The van der Waals surface area contributed by atoms with E-state index in [9.17, 15) is 4.79 Å². The van der Waals surface area contributed by atoms with Gasteiger partial charge in [0.1, 0.15) is 17.9 Å². The van der Waals surface area contributed by atoms with Crippen LogP contribution < -0.4 is 4.74 Å². The maximum Gasteiger partial charge on any atom is 0.254 e. The highest BCUT2D eigenvalue weighted by molar-refractivity contribution is 5.99. The maximum absolute atomic E-state index is 12.6. The molecule has 4 heteroatoms. The molecule has 2 aromatic rings. The Balaban J connectivity index is 2.40. The molecule has 114 valence electrons. The van der Waals surface area contributed by atoms with E-state index in [0.29, 0.717) is 36.6 Å². The fraction of sp³-hybridized carbons (Fsp3) is 0.167. The molecule has 1 aromatic heterocycles. The summed E-state index contributed by atoms with van der Waals surface area (Å²) in [5.41, 5.74) is 1.12. The van der Waals surface area contributed by atoms with E-state index >= 15 is 0 Å². The van der Waals surface area contributed by atoms with Gasteiger partial charge in [0.15, 0.2) is 0 Å². The Bertz CT molecular complexity index is 689. The minimum atomic E-state index is -0.124. The van der Waals surface area contributed by atoms with Crippen molar-refractivity contribution >= 4 is 16.9 Å². The number of carbonyl (C=O) groups is 1. The van der Waals surface area contributed by atoms with Gasteiger partial charge in [-0.15, -0.1) is 13.2 Å². The molecule has 0 aliphatic carbocycles. The third kappa shape index (κ3) is 3.28. The Morgan fingerprint density at radius 3 is 2.55 bits per heavy atom. The van der Waals surface area contributed by atoms with Crippen molar-refractivity contribution in [2.45, 2.75) is 0 Å². The van der Waals surface area contributed by atoms with Crippen LogP contribution in [0.15, 0.2) is 66.8 Å². The molecule has 0 N–H and O–H groups in total. The maximum atomic E-state index is 12.6. The van der Waals surface area contributed by atoms with Crippen molar-refractivity contribution in [2.24, 2.45) is 0 Å². The molecule has 1 heterocycles. The number of hydrogen-bond acceptors (Lipinski definition) is 3. The second-order valence-electron chi connectivity index (χ2n) is 4.69. The van der Waals surface area contributed by atoms with Crippen LogP contribution in [0, 0.1) is 0 Å². The van der Waals surface area contributed by atoms with E-state index < -0.39 is 0 Å². The van der Waals surface area contributed by atoms with Gasteiger partial charge in [-0.3, -0.25) is 4.79 Å². The first-order valence-electron chi connectivity index (χ1n) is 6.97. The van der Waals surface area contributed by atoms with Crippen molar-refractivity contribution in [2.75, 3.05) is 19.7 Å². The van der Waals surface area contributed by atoms with Gasteiger partial charge in [-0.05, 0) is 18.2 Å². The molecule has 1 aromatic carbocycles. The number of nitrogens with zero attached hydrogens (tertiary/aromatic N) is 1. The van der Waals surface area contributed by atoms with Crippen LogP contribution in [0.1, 0.15) is 10.4 Å².